The zero-order valence-electron chi connectivity index (χ0n) is 10.2. The van der Waals surface area contributed by atoms with Crippen LogP contribution in [0.15, 0.2) is 0 Å². The first-order valence-corrected chi connectivity index (χ1v) is 6.23. The van der Waals surface area contributed by atoms with E-state index in [2.05, 4.69) is 5.32 Å². The maximum atomic E-state index is 12.0. The maximum Gasteiger partial charge on any atom is 0.249 e. The summed E-state index contributed by atoms with van der Waals surface area (Å²) >= 11 is 0. The average Bonchev–Trinajstić information content (AvgIpc) is 3.02. The summed E-state index contributed by atoms with van der Waals surface area (Å²) in [5.41, 5.74) is 5.54. The fourth-order valence-electron chi connectivity index (χ4n) is 2.40. The molecule has 92 valence electrons. The number of amides is 1. The van der Waals surface area contributed by atoms with Crippen LogP contribution in [0.4, 0.5) is 0 Å². The lowest BCUT2D eigenvalue weighted by Crippen LogP contribution is -2.55. The summed E-state index contributed by atoms with van der Waals surface area (Å²) in [7, 11) is 0. The van der Waals surface area contributed by atoms with Crippen molar-refractivity contribution in [3.8, 4) is 0 Å². The summed E-state index contributed by atoms with van der Waals surface area (Å²) in [4.78, 5) is 12.0. The molecule has 16 heavy (non-hydrogen) atoms. The van der Waals surface area contributed by atoms with Crippen LogP contribution < -0.4 is 11.1 Å². The van der Waals surface area contributed by atoms with Gasteiger partial charge < -0.3 is 15.8 Å². The molecule has 0 aromatic heterocycles. The van der Waals surface area contributed by atoms with Gasteiger partial charge in [-0.15, -0.1) is 0 Å². The number of rotatable bonds is 4. The summed E-state index contributed by atoms with van der Waals surface area (Å²) in [5, 5.41) is 3.08. The second-order valence-electron chi connectivity index (χ2n) is 5.40. The lowest BCUT2D eigenvalue weighted by Gasteiger charge is -2.30. The van der Waals surface area contributed by atoms with Crippen molar-refractivity contribution >= 4 is 5.91 Å². The minimum Gasteiger partial charge on any atom is -0.365 e. The van der Waals surface area contributed by atoms with Gasteiger partial charge >= 0.3 is 0 Å². The van der Waals surface area contributed by atoms with Crippen LogP contribution in [0.3, 0.4) is 0 Å². The summed E-state index contributed by atoms with van der Waals surface area (Å²) in [5.74, 6) is 0.574. The van der Waals surface area contributed by atoms with Crippen molar-refractivity contribution in [1.29, 1.82) is 0 Å². The third-order valence-electron chi connectivity index (χ3n) is 3.84. The van der Waals surface area contributed by atoms with Gasteiger partial charge in [0, 0.05) is 6.54 Å². The number of ether oxygens (including phenoxy) is 1. The fraction of sp³-hybridized carbons (Fsp3) is 0.917. The Kier molecular flexibility index (Phi) is 3.22. The van der Waals surface area contributed by atoms with E-state index in [4.69, 9.17) is 10.5 Å². The molecule has 0 radical (unpaired) electrons. The van der Waals surface area contributed by atoms with Crippen molar-refractivity contribution in [2.45, 2.75) is 57.3 Å². The number of carbonyl (C=O) groups is 1. The quantitative estimate of drug-likeness (QED) is 0.745. The van der Waals surface area contributed by atoms with Gasteiger partial charge in [0.25, 0.3) is 0 Å². The van der Waals surface area contributed by atoms with E-state index in [9.17, 15) is 4.79 Å². The smallest absolute Gasteiger partial charge is 0.249 e. The predicted molar refractivity (Wildman–Crippen MR) is 61.9 cm³/mol. The largest absolute Gasteiger partial charge is 0.365 e. The molecule has 4 heteroatoms. The average molecular weight is 226 g/mol. The molecule has 4 nitrogen and oxygen atoms in total. The Bertz CT molecular complexity index is 278. The standard InChI is InChI=1S/C12H22N2O2/c1-8-3-6-10(16-8)11(15)14-12(2,7-13)9-4-5-9/h8-10H,3-7,13H2,1-2H3,(H,14,15). The van der Waals surface area contributed by atoms with Crippen molar-refractivity contribution in [2.75, 3.05) is 6.54 Å². The van der Waals surface area contributed by atoms with E-state index in [1.807, 2.05) is 13.8 Å². The van der Waals surface area contributed by atoms with Gasteiger partial charge in [-0.25, -0.2) is 0 Å². The molecule has 0 spiro atoms. The Morgan fingerprint density at radius 1 is 1.44 bits per heavy atom. The Labute approximate surface area is 96.9 Å². The third-order valence-corrected chi connectivity index (χ3v) is 3.84. The van der Waals surface area contributed by atoms with Crippen LogP contribution in [-0.2, 0) is 9.53 Å². The van der Waals surface area contributed by atoms with Crippen LogP contribution in [0, 0.1) is 5.92 Å². The second kappa shape index (κ2) is 4.34. The minimum absolute atomic E-state index is 0.0178. The molecular formula is C12H22N2O2. The molecule has 2 fully saturated rings. The number of nitrogens with one attached hydrogen (secondary N) is 1. The summed E-state index contributed by atoms with van der Waals surface area (Å²) in [6.45, 7) is 4.56. The highest BCUT2D eigenvalue weighted by Gasteiger charge is 2.43. The zero-order valence-corrected chi connectivity index (χ0v) is 10.2. The molecule has 3 N–H and O–H groups in total. The molecule has 1 amide bonds. The van der Waals surface area contributed by atoms with E-state index < -0.39 is 0 Å². The van der Waals surface area contributed by atoms with E-state index in [0.29, 0.717) is 12.5 Å². The summed E-state index contributed by atoms with van der Waals surface area (Å²) in [6, 6.07) is 0. The highest BCUT2D eigenvalue weighted by Crippen LogP contribution is 2.39. The number of carbonyl (C=O) groups excluding carboxylic acids is 1. The first-order chi connectivity index (χ1) is 7.55. The molecule has 3 atom stereocenters. The van der Waals surface area contributed by atoms with Crippen LogP contribution >= 0.6 is 0 Å². The SMILES string of the molecule is CC1CCC(C(=O)NC(C)(CN)C2CC2)O1. The molecular weight excluding hydrogens is 204 g/mol. The summed E-state index contributed by atoms with van der Waals surface area (Å²) < 4.78 is 5.56. The molecule has 0 bridgehead atoms. The van der Waals surface area contributed by atoms with Gasteiger partial charge in [0.05, 0.1) is 11.6 Å². The lowest BCUT2D eigenvalue weighted by atomic mass is 9.95. The van der Waals surface area contributed by atoms with Gasteiger partial charge in [0.1, 0.15) is 6.10 Å². The Morgan fingerprint density at radius 3 is 2.56 bits per heavy atom. The molecule has 1 saturated carbocycles. The molecule has 1 saturated heterocycles. The first-order valence-electron chi connectivity index (χ1n) is 6.23. The number of hydrogen-bond donors (Lipinski definition) is 2. The van der Waals surface area contributed by atoms with Crippen molar-refractivity contribution in [3.63, 3.8) is 0 Å². The summed E-state index contributed by atoms with van der Waals surface area (Å²) in [6.07, 6.45) is 4.10. The predicted octanol–water partition coefficient (Wildman–Crippen LogP) is 0.797. The van der Waals surface area contributed by atoms with Crippen molar-refractivity contribution < 1.29 is 9.53 Å². The van der Waals surface area contributed by atoms with Gasteiger partial charge in [-0.05, 0) is 45.4 Å². The van der Waals surface area contributed by atoms with Gasteiger partial charge in [-0.1, -0.05) is 0 Å². The first kappa shape index (κ1) is 11.9. The van der Waals surface area contributed by atoms with Crippen molar-refractivity contribution in [3.05, 3.63) is 0 Å². The van der Waals surface area contributed by atoms with E-state index >= 15 is 0 Å². The Morgan fingerprint density at radius 2 is 2.12 bits per heavy atom. The molecule has 2 rings (SSSR count). The van der Waals surface area contributed by atoms with Gasteiger partial charge in [0.15, 0.2) is 0 Å². The van der Waals surface area contributed by atoms with E-state index in [-0.39, 0.29) is 23.7 Å². The Hall–Kier alpha value is -0.610. The number of nitrogens with two attached hydrogens (primary N) is 1. The van der Waals surface area contributed by atoms with Gasteiger partial charge in [-0.2, -0.15) is 0 Å². The molecule has 3 unspecified atom stereocenters. The van der Waals surface area contributed by atoms with Crippen LogP contribution in [0.25, 0.3) is 0 Å². The monoisotopic (exact) mass is 226 g/mol. The van der Waals surface area contributed by atoms with E-state index in [1.54, 1.807) is 0 Å². The molecule has 1 aliphatic heterocycles. The molecule has 0 aromatic rings. The molecule has 2 aliphatic rings. The van der Waals surface area contributed by atoms with Crippen LogP contribution in [0.1, 0.15) is 39.5 Å². The molecule has 1 aliphatic carbocycles. The zero-order chi connectivity index (χ0) is 11.8. The van der Waals surface area contributed by atoms with Crippen molar-refractivity contribution in [1.82, 2.24) is 5.32 Å². The normalized spacial score (nSPS) is 33.4. The third kappa shape index (κ3) is 2.38. The van der Waals surface area contributed by atoms with Crippen LogP contribution in [0.2, 0.25) is 0 Å². The van der Waals surface area contributed by atoms with Crippen molar-refractivity contribution in [2.24, 2.45) is 11.7 Å². The highest BCUT2D eigenvalue weighted by molar-refractivity contribution is 5.81. The van der Waals surface area contributed by atoms with Crippen LogP contribution in [-0.4, -0.2) is 30.2 Å². The second-order valence-corrected chi connectivity index (χ2v) is 5.40. The molecule has 0 aromatic carbocycles. The highest BCUT2D eigenvalue weighted by atomic mass is 16.5. The van der Waals surface area contributed by atoms with Crippen LogP contribution in [0.5, 0.6) is 0 Å². The maximum absolute atomic E-state index is 12.0. The van der Waals surface area contributed by atoms with Gasteiger partial charge in [0.2, 0.25) is 5.91 Å². The van der Waals surface area contributed by atoms with E-state index in [1.165, 1.54) is 12.8 Å². The van der Waals surface area contributed by atoms with Gasteiger partial charge in [-0.3, -0.25) is 4.79 Å². The number of hydrogen-bond acceptors (Lipinski definition) is 3. The van der Waals surface area contributed by atoms with E-state index in [0.717, 1.165) is 12.8 Å². The Balaban J connectivity index is 1.90. The fourth-order valence-corrected chi connectivity index (χ4v) is 2.40. The minimum atomic E-state index is -0.264. The topological polar surface area (TPSA) is 64.4 Å². The molecule has 1 heterocycles. The lowest BCUT2D eigenvalue weighted by molar-refractivity contribution is -0.133.